The van der Waals surface area contributed by atoms with Crippen LogP contribution in [0.15, 0.2) is 12.1 Å². The summed E-state index contributed by atoms with van der Waals surface area (Å²) in [4.78, 5) is 0. The number of ether oxygens (including phenoxy) is 4. The Bertz CT molecular complexity index is 900. The Balaban J connectivity index is 2.33. The Hall–Kier alpha value is -0.390. The first-order valence-electron chi connectivity index (χ1n) is 10.2. The minimum absolute atomic E-state index is 0.0426. The predicted octanol–water partition coefficient (Wildman–Crippen LogP) is 4.89. The Kier molecular flexibility index (Phi) is 11.0. The Morgan fingerprint density at radius 2 is 1.79 bits per heavy atom. The molecule has 4 unspecified atom stereocenters. The molecule has 1 heterocycles. The summed E-state index contributed by atoms with van der Waals surface area (Å²) in [6.07, 6.45) is 8.25. The molecule has 1 aromatic rings. The van der Waals surface area contributed by atoms with Gasteiger partial charge in [0, 0.05) is 37.3 Å². The summed E-state index contributed by atoms with van der Waals surface area (Å²) in [6.45, 7) is 4.73. The van der Waals surface area contributed by atoms with Crippen molar-refractivity contribution in [1.29, 1.82) is 0 Å². The van der Waals surface area contributed by atoms with Crippen molar-refractivity contribution >= 4 is 58.6 Å². The average Bonchev–Trinajstić information content (AvgIpc) is 2.77. The highest BCUT2D eigenvalue weighted by Gasteiger charge is 2.60. The van der Waals surface area contributed by atoms with Crippen molar-refractivity contribution in [3.63, 3.8) is 0 Å². The van der Waals surface area contributed by atoms with Crippen LogP contribution in [0.5, 0.6) is 17.2 Å². The summed E-state index contributed by atoms with van der Waals surface area (Å²) in [7, 11) is -2.22. The molecule has 8 nitrogen and oxygen atoms in total. The molecule has 0 radical (unpaired) electrons. The monoisotopic (exact) mass is 560 g/mol. The zero-order valence-electron chi connectivity index (χ0n) is 19.5. The van der Waals surface area contributed by atoms with E-state index < -0.39 is 34.1 Å². The largest absolute Gasteiger partial charge is 0.497 e. The van der Waals surface area contributed by atoms with E-state index in [-0.39, 0.29) is 24.8 Å². The number of methoxy groups -OCH3 is 2. The van der Waals surface area contributed by atoms with E-state index >= 15 is 0 Å². The molecule has 0 aromatic heterocycles. The van der Waals surface area contributed by atoms with Crippen molar-refractivity contribution in [1.82, 2.24) is 4.67 Å². The molecule has 0 saturated carbocycles. The molecule has 0 bridgehead atoms. The van der Waals surface area contributed by atoms with Crippen LogP contribution in [0.1, 0.15) is 12.0 Å². The first-order valence-corrected chi connectivity index (χ1v) is 16.8. The molecule has 186 valence electrons. The van der Waals surface area contributed by atoms with Gasteiger partial charge in [-0.05, 0) is 6.07 Å². The van der Waals surface area contributed by atoms with Crippen LogP contribution in [0.3, 0.4) is 0 Å². The van der Waals surface area contributed by atoms with Gasteiger partial charge in [-0.3, -0.25) is 9.30 Å². The lowest BCUT2D eigenvalue weighted by Gasteiger charge is -2.34. The average molecular weight is 561 g/mol. The third kappa shape index (κ3) is 6.44. The molecule has 0 amide bonds. The maximum atomic E-state index is 12.9. The van der Waals surface area contributed by atoms with Gasteiger partial charge in [-0.1, -0.05) is 0 Å². The summed E-state index contributed by atoms with van der Waals surface area (Å²) in [6, 6.07) is 3.65. The van der Waals surface area contributed by atoms with Crippen molar-refractivity contribution in [2.24, 2.45) is 5.50 Å². The van der Waals surface area contributed by atoms with E-state index in [0.717, 1.165) is 5.56 Å². The highest BCUT2D eigenvalue weighted by molar-refractivity contribution is 7.73. The number of halogens is 2. The standard InChI is InChI=1S/C20H33Cl2N2O6P3/c1-26-15-13-16-19(17(14-15)27-2)29-18(30-20(16,31(3)4)32(5)6)7-12-28-33(23,25)24(10-8-21)11-9-22/h13-14,18H,3,5,7-12H2,1-2,4,6H3,(H2,23,25)/q+2. The van der Waals surface area contributed by atoms with Crippen LogP contribution >= 0.6 is 46.0 Å². The SMILES string of the molecule is C=[P+](C)C1([P+](=C)C)OC(CCOP(N)(=O)N(CCCl)CCCl)Oc2c(OC)cc(OC)cc21. The first-order chi connectivity index (χ1) is 15.6. The number of hydrogen-bond donors (Lipinski definition) is 1. The third-order valence-electron chi connectivity index (χ3n) is 5.12. The van der Waals surface area contributed by atoms with Crippen molar-refractivity contribution in [2.45, 2.75) is 17.8 Å². The first kappa shape index (κ1) is 28.8. The van der Waals surface area contributed by atoms with Crippen molar-refractivity contribution in [2.75, 3.05) is 59.0 Å². The van der Waals surface area contributed by atoms with E-state index in [2.05, 4.69) is 12.6 Å². The van der Waals surface area contributed by atoms with Crippen LogP contribution in [0.2, 0.25) is 0 Å². The maximum absolute atomic E-state index is 12.9. The number of nitrogens with zero attached hydrogens (tertiary/aromatic N) is 1. The van der Waals surface area contributed by atoms with Gasteiger partial charge in [0.1, 0.15) is 24.6 Å². The maximum Gasteiger partial charge on any atom is 0.404 e. The van der Waals surface area contributed by atoms with Gasteiger partial charge in [-0.25, -0.2) is 10.2 Å². The van der Waals surface area contributed by atoms with Gasteiger partial charge in [0.15, 0.2) is 26.6 Å². The molecule has 0 fully saturated rings. The number of alkyl halides is 2. The highest BCUT2D eigenvalue weighted by atomic mass is 35.5. The third-order valence-corrected chi connectivity index (χ3v) is 12.0. The van der Waals surface area contributed by atoms with E-state index in [9.17, 15) is 4.57 Å². The summed E-state index contributed by atoms with van der Waals surface area (Å²) in [5, 5.41) is -0.750. The number of hydrogen-bond acceptors (Lipinski definition) is 6. The van der Waals surface area contributed by atoms with E-state index in [1.54, 1.807) is 20.3 Å². The fraction of sp³-hybridized carbons (Fsp3) is 0.600. The van der Waals surface area contributed by atoms with E-state index in [4.69, 9.17) is 52.2 Å². The number of rotatable bonds is 13. The molecular weight excluding hydrogens is 528 g/mol. The molecule has 0 saturated heterocycles. The molecule has 0 spiro atoms. The summed E-state index contributed by atoms with van der Waals surface area (Å²) in [5.74, 6) is 2.22. The molecule has 33 heavy (non-hydrogen) atoms. The predicted molar refractivity (Wildman–Crippen MR) is 142 cm³/mol. The topological polar surface area (TPSA) is 92.5 Å². The number of nitrogens with two attached hydrogens (primary N) is 1. The lowest BCUT2D eigenvalue weighted by Crippen LogP contribution is -2.38. The van der Waals surface area contributed by atoms with Crippen LogP contribution in [0.25, 0.3) is 0 Å². The van der Waals surface area contributed by atoms with Gasteiger partial charge in [-0.2, -0.15) is 0 Å². The molecule has 1 aromatic carbocycles. The lowest BCUT2D eigenvalue weighted by atomic mass is 10.1. The van der Waals surface area contributed by atoms with Gasteiger partial charge in [-0.15, -0.1) is 23.2 Å². The fourth-order valence-electron chi connectivity index (χ4n) is 3.56. The second kappa shape index (κ2) is 12.5. The van der Waals surface area contributed by atoms with Gasteiger partial charge >= 0.3 is 12.8 Å². The second-order valence-corrected chi connectivity index (χ2v) is 14.5. The van der Waals surface area contributed by atoms with Crippen LogP contribution < -0.4 is 19.7 Å². The van der Waals surface area contributed by atoms with Crippen LogP contribution in [-0.2, 0) is 18.9 Å². The molecule has 13 heteroatoms. The molecule has 4 atom stereocenters. The van der Waals surface area contributed by atoms with E-state index in [1.165, 1.54) is 4.67 Å². The van der Waals surface area contributed by atoms with Crippen LogP contribution in [0.4, 0.5) is 0 Å². The minimum Gasteiger partial charge on any atom is -0.497 e. The lowest BCUT2D eigenvalue weighted by molar-refractivity contribution is -0.135. The number of benzene rings is 1. The van der Waals surface area contributed by atoms with Crippen molar-refractivity contribution in [3.05, 3.63) is 17.7 Å². The quantitative estimate of drug-likeness (QED) is 0.269. The Morgan fingerprint density at radius 1 is 1.18 bits per heavy atom. The van der Waals surface area contributed by atoms with Gasteiger partial charge < -0.3 is 18.7 Å². The van der Waals surface area contributed by atoms with Gasteiger partial charge in [0.2, 0.25) is 6.29 Å². The summed E-state index contributed by atoms with van der Waals surface area (Å²) >= 11 is 11.6. The molecule has 1 aliphatic heterocycles. The van der Waals surface area contributed by atoms with Crippen molar-refractivity contribution < 1.29 is 28.0 Å². The normalized spacial score (nSPS) is 22.7. The summed E-state index contributed by atoms with van der Waals surface area (Å²) in [5.41, 5.74) is 6.77. The van der Waals surface area contributed by atoms with Crippen LogP contribution in [-0.4, -0.2) is 82.6 Å². The van der Waals surface area contributed by atoms with E-state index in [0.29, 0.717) is 30.3 Å². The molecule has 2 rings (SSSR count). The highest BCUT2D eigenvalue weighted by Crippen LogP contribution is 2.65. The molecule has 0 aliphatic carbocycles. The fourth-order valence-corrected chi connectivity index (χ4v) is 9.57. The molecule has 1 aliphatic rings. The van der Waals surface area contributed by atoms with Gasteiger partial charge in [0.25, 0.3) is 0 Å². The molecule has 2 N–H and O–H groups in total. The minimum atomic E-state index is -3.57. The Labute approximate surface area is 208 Å². The second-order valence-electron chi connectivity index (χ2n) is 7.39. The summed E-state index contributed by atoms with van der Waals surface area (Å²) < 4.78 is 43.7. The van der Waals surface area contributed by atoms with Gasteiger partial charge in [0.05, 0.1) is 33.4 Å². The van der Waals surface area contributed by atoms with Crippen molar-refractivity contribution in [3.8, 4) is 17.2 Å². The molecular formula is C20H33Cl2N2O6P3+2. The number of fused-ring (bicyclic) bond motifs is 1. The Morgan fingerprint density at radius 3 is 2.27 bits per heavy atom. The zero-order valence-corrected chi connectivity index (χ0v) is 23.7. The zero-order chi connectivity index (χ0) is 24.8. The smallest absolute Gasteiger partial charge is 0.404 e. The van der Waals surface area contributed by atoms with Crippen LogP contribution in [0, 0.1) is 0 Å². The van der Waals surface area contributed by atoms with E-state index in [1.807, 2.05) is 19.4 Å².